The Bertz CT molecular complexity index is 456. The summed E-state index contributed by atoms with van der Waals surface area (Å²) in [6, 6.07) is 7.27. The van der Waals surface area contributed by atoms with Crippen molar-refractivity contribution in [2.45, 2.75) is 45.4 Å². The van der Waals surface area contributed by atoms with Crippen molar-refractivity contribution < 1.29 is 13.5 Å². The van der Waals surface area contributed by atoms with Crippen LogP contribution < -0.4 is 10.5 Å². The smallest absolute Gasteiger partial charge is 0.387 e. The first-order valence-corrected chi connectivity index (χ1v) is 7.52. The maximum Gasteiger partial charge on any atom is 0.387 e. The van der Waals surface area contributed by atoms with Gasteiger partial charge in [0.05, 0.1) is 6.04 Å². The van der Waals surface area contributed by atoms with Crippen LogP contribution in [0.5, 0.6) is 5.75 Å². The van der Waals surface area contributed by atoms with Crippen LogP contribution in [0, 0.1) is 5.92 Å². The summed E-state index contributed by atoms with van der Waals surface area (Å²) in [4.78, 5) is 2.31. The highest BCUT2D eigenvalue weighted by molar-refractivity contribution is 5.36. The number of alkyl halides is 2. The van der Waals surface area contributed by atoms with E-state index in [2.05, 4.69) is 23.5 Å². The zero-order valence-electron chi connectivity index (χ0n) is 12.6. The third-order valence-corrected chi connectivity index (χ3v) is 4.31. The van der Waals surface area contributed by atoms with Crippen molar-refractivity contribution in [3.63, 3.8) is 0 Å². The van der Waals surface area contributed by atoms with E-state index in [1.54, 1.807) is 12.1 Å². The van der Waals surface area contributed by atoms with E-state index in [0.717, 1.165) is 24.9 Å². The monoisotopic (exact) mass is 298 g/mol. The Morgan fingerprint density at radius 1 is 1.33 bits per heavy atom. The second-order valence-electron chi connectivity index (χ2n) is 5.88. The van der Waals surface area contributed by atoms with E-state index in [1.807, 2.05) is 12.1 Å². The molecule has 0 aromatic heterocycles. The number of hydrogen-bond donors (Lipinski definition) is 1. The van der Waals surface area contributed by atoms with Crippen molar-refractivity contribution >= 4 is 0 Å². The average Bonchev–Trinajstić information content (AvgIpc) is 2.43. The first-order chi connectivity index (χ1) is 10.0. The highest BCUT2D eigenvalue weighted by atomic mass is 19.3. The highest BCUT2D eigenvalue weighted by Crippen LogP contribution is 2.34. The molecular formula is C16H24F2N2O. The molecule has 1 aliphatic heterocycles. The van der Waals surface area contributed by atoms with E-state index >= 15 is 0 Å². The van der Waals surface area contributed by atoms with E-state index < -0.39 is 6.61 Å². The lowest BCUT2D eigenvalue weighted by Crippen LogP contribution is -2.45. The number of nitrogens with two attached hydrogens (primary N) is 1. The van der Waals surface area contributed by atoms with Crippen LogP contribution in [-0.4, -0.2) is 30.6 Å². The molecule has 1 fully saturated rings. The predicted molar refractivity (Wildman–Crippen MR) is 79.4 cm³/mol. The van der Waals surface area contributed by atoms with Gasteiger partial charge in [-0.3, -0.25) is 4.90 Å². The summed E-state index contributed by atoms with van der Waals surface area (Å²) in [6.45, 7) is 2.94. The molecule has 0 radical (unpaired) electrons. The molecule has 1 saturated heterocycles. The van der Waals surface area contributed by atoms with Crippen molar-refractivity contribution in [2.24, 2.45) is 11.7 Å². The van der Waals surface area contributed by atoms with Gasteiger partial charge >= 0.3 is 6.61 Å². The molecule has 1 heterocycles. The Morgan fingerprint density at radius 2 is 2.05 bits per heavy atom. The molecule has 118 valence electrons. The number of piperidine rings is 1. The molecule has 1 aliphatic rings. The van der Waals surface area contributed by atoms with Gasteiger partial charge in [-0.1, -0.05) is 25.1 Å². The van der Waals surface area contributed by atoms with Crippen LogP contribution in [-0.2, 0) is 0 Å². The van der Waals surface area contributed by atoms with Gasteiger partial charge in [-0.25, -0.2) is 0 Å². The number of likely N-dealkylation sites (tertiary alicyclic amines) is 1. The zero-order chi connectivity index (χ0) is 15.4. The lowest BCUT2D eigenvalue weighted by molar-refractivity contribution is -0.0515. The Hall–Kier alpha value is -1.20. The SMILES string of the molecule is CC1CCN(C(CN)c2ccccc2OC(F)F)C(C)C1. The first kappa shape index (κ1) is 16.2. The maximum atomic E-state index is 12.6. The number of ether oxygens (including phenoxy) is 1. The van der Waals surface area contributed by atoms with Crippen LogP contribution in [0.4, 0.5) is 8.78 Å². The zero-order valence-corrected chi connectivity index (χ0v) is 12.6. The van der Waals surface area contributed by atoms with Gasteiger partial charge in [0.25, 0.3) is 0 Å². The van der Waals surface area contributed by atoms with Gasteiger partial charge < -0.3 is 10.5 Å². The summed E-state index contributed by atoms with van der Waals surface area (Å²) >= 11 is 0. The molecule has 2 rings (SSSR count). The van der Waals surface area contributed by atoms with E-state index in [9.17, 15) is 8.78 Å². The fourth-order valence-corrected chi connectivity index (χ4v) is 3.29. The standard InChI is InChI=1S/C16H24F2N2O/c1-11-7-8-20(12(2)9-11)14(10-19)13-5-3-4-6-15(13)21-16(17)18/h3-6,11-12,14,16H,7-10,19H2,1-2H3. The van der Waals surface area contributed by atoms with Gasteiger partial charge in [0, 0.05) is 18.2 Å². The molecule has 5 heteroatoms. The molecule has 0 amide bonds. The predicted octanol–water partition coefficient (Wildman–Crippen LogP) is 3.41. The molecule has 1 aromatic carbocycles. The Balaban J connectivity index is 2.25. The minimum atomic E-state index is -2.82. The van der Waals surface area contributed by atoms with Crippen LogP contribution in [0.1, 0.15) is 38.3 Å². The van der Waals surface area contributed by atoms with Gasteiger partial charge in [0.15, 0.2) is 0 Å². The van der Waals surface area contributed by atoms with Crippen molar-refractivity contribution in [2.75, 3.05) is 13.1 Å². The largest absolute Gasteiger partial charge is 0.434 e. The minimum Gasteiger partial charge on any atom is -0.434 e. The topological polar surface area (TPSA) is 38.5 Å². The summed E-state index contributed by atoms with van der Waals surface area (Å²) in [6.07, 6.45) is 2.22. The molecule has 2 N–H and O–H groups in total. The maximum absolute atomic E-state index is 12.6. The average molecular weight is 298 g/mol. The third kappa shape index (κ3) is 3.92. The number of rotatable bonds is 5. The summed E-state index contributed by atoms with van der Waals surface area (Å²) in [5, 5.41) is 0. The quantitative estimate of drug-likeness (QED) is 0.905. The molecule has 0 spiro atoms. The van der Waals surface area contributed by atoms with E-state index in [-0.39, 0.29) is 11.8 Å². The summed E-state index contributed by atoms with van der Waals surface area (Å²) in [5.41, 5.74) is 6.70. The van der Waals surface area contributed by atoms with Gasteiger partial charge in [-0.2, -0.15) is 8.78 Å². The summed E-state index contributed by atoms with van der Waals surface area (Å²) in [5.74, 6) is 0.927. The molecule has 3 atom stereocenters. The fraction of sp³-hybridized carbons (Fsp3) is 0.625. The molecule has 0 bridgehead atoms. The first-order valence-electron chi connectivity index (χ1n) is 7.52. The van der Waals surface area contributed by atoms with Crippen LogP contribution in [0.25, 0.3) is 0 Å². The molecule has 0 aliphatic carbocycles. The van der Waals surface area contributed by atoms with E-state index in [1.165, 1.54) is 0 Å². The van der Waals surface area contributed by atoms with Gasteiger partial charge in [0.1, 0.15) is 5.75 Å². The van der Waals surface area contributed by atoms with Gasteiger partial charge in [0.2, 0.25) is 0 Å². The van der Waals surface area contributed by atoms with Crippen molar-refractivity contribution in [1.82, 2.24) is 4.90 Å². The number of para-hydroxylation sites is 1. The van der Waals surface area contributed by atoms with Crippen molar-refractivity contribution in [1.29, 1.82) is 0 Å². The highest BCUT2D eigenvalue weighted by Gasteiger charge is 2.30. The minimum absolute atomic E-state index is 0.0811. The third-order valence-electron chi connectivity index (χ3n) is 4.31. The van der Waals surface area contributed by atoms with E-state index in [4.69, 9.17) is 5.73 Å². The molecule has 3 nitrogen and oxygen atoms in total. The number of hydrogen-bond acceptors (Lipinski definition) is 3. The molecular weight excluding hydrogens is 274 g/mol. The summed E-state index contributed by atoms with van der Waals surface area (Å²) < 4.78 is 29.8. The number of benzene rings is 1. The van der Waals surface area contributed by atoms with Crippen molar-refractivity contribution in [3.8, 4) is 5.75 Å². The normalized spacial score (nSPS) is 25.0. The van der Waals surface area contributed by atoms with Crippen LogP contribution >= 0.6 is 0 Å². The Labute approximate surface area is 125 Å². The molecule has 0 saturated carbocycles. The lowest BCUT2D eigenvalue weighted by Gasteiger charge is -2.42. The molecule has 3 unspecified atom stereocenters. The Kier molecular flexibility index (Phi) is 5.53. The second kappa shape index (κ2) is 7.18. The molecule has 21 heavy (non-hydrogen) atoms. The number of nitrogens with zero attached hydrogens (tertiary/aromatic N) is 1. The second-order valence-corrected chi connectivity index (χ2v) is 5.88. The Morgan fingerprint density at radius 3 is 2.67 bits per heavy atom. The van der Waals surface area contributed by atoms with E-state index in [0.29, 0.717) is 18.5 Å². The molecule has 1 aromatic rings. The van der Waals surface area contributed by atoms with Crippen LogP contribution in [0.15, 0.2) is 24.3 Å². The van der Waals surface area contributed by atoms with Crippen LogP contribution in [0.2, 0.25) is 0 Å². The fourth-order valence-electron chi connectivity index (χ4n) is 3.29. The van der Waals surface area contributed by atoms with Gasteiger partial charge in [-0.15, -0.1) is 0 Å². The van der Waals surface area contributed by atoms with Crippen LogP contribution in [0.3, 0.4) is 0 Å². The van der Waals surface area contributed by atoms with Crippen molar-refractivity contribution in [3.05, 3.63) is 29.8 Å². The number of halogens is 2. The summed E-state index contributed by atoms with van der Waals surface area (Å²) in [7, 11) is 0. The van der Waals surface area contributed by atoms with Gasteiger partial charge in [-0.05, 0) is 38.3 Å². The lowest BCUT2D eigenvalue weighted by atomic mass is 9.90.